The van der Waals surface area contributed by atoms with Crippen molar-refractivity contribution in [1.29, 1.82) is 10.5 Å². The average Bonchev–Trinajstić information content (AvgIpc) is 2.07. The van der Waals surface area contributed by atoms with E-state index in [1.807, 2.05) is 0 Å². The maximum absolute atomic E-state index is 10.7. The Labute approximate surface area is 68.7 Å². The van der Waals surface area contributed by atoms with Crippen LogP contribution >= 0.6 is 0 Å². The molecular formula is C7H4N4O. The van der Waals surface area contributed by atoms with Crippen LogP contribution in [0.5, 0.6) is 0 Å². The van der Waals surface area contributed by atoms with Gasteiger partial charge in [-0.25, -0.2) is 0 Å². The first-order valence-electron chi connectivity index (χ1n) is 3.06. The molecule has 0 aromatic heterocycles. The van der Waals surface area contributed by atoms with Gasteiger partial charge in [0.2, 0.25) is 6.21 Å². The third-order valence-corrected chi connectivity index (χ3v) is 1.21. The lowest BCUT2D eigenvalue weighted by Crippen LogP contribution is -2.17. The summed E-state index contributed by atoms with van der Waals surface area (Å²) in [5, 5.41) is 30.2. The van der Waals surface area contributed by atoms with E-state index < -0.39 is 0 Å². The molecule has 0 saturated carbocycles. The fraction of sp³-hybridized carbons (Fsp3) is 0. The van der Waals surface area contributed by atoms with Gasteiger partial charge in [0.1, 0.15) is 17.8 Å². The Bertz CT molecular complexity index is 348. The van der Waals surface area contributed by atoms with Gasteiger partial charge in [0.25, 0.3) is 0 Å². The quantitative estimate of drug-likeness (QED) is 0.305. The standard InChI is InChI=1S/C7H4N4O/c8-3-6(4-9)7-5-11(12)2-1-10-7/h1-2,5,10H. The maximum atomic E-state index is 10.7. The summed E-state index contributed by atoms with van der Waals surface area (Å²) in [6.07, 6.45) is 3.72. The molecule has 0 atom stereocenters. The van der Waals surface area contributed by atoms with Crippen molar-refractivity contribution in [2.24, 2.45) is 0 Å². The Balaban J connectivity index is 3.09. The molecule has 5 heteroatoms. The van der Waals surface area contributed by atoms with Crippen LogP contribution < -0.4 is 5.32 Å². The summed E-state index contributed by atoms with van der Waals surface area (Å²) in [5.41, 5.74) is 0.109. The smallest absolute Gasteiger partial charge is 0.206 e. The molecule has 0 radical (unpaired) electrons. The van der Waals surface area contributed by atoms with Crippen molar-refractivity contribution in [2.75, 3.05) is 0 Å². The first-order chi connectivity index (χ1) is 5.77. The minimum Gasteiger partial charge on any atom is -0.619 e. The molecule has 0 aromatic rings. The van der Waals surface area contributed by atoms with Gasteiger partial charge in [-0.15, -0.1) is 0 Å². The zero-order valence-electron chi connectivity index (χ0n) is 5.98. The molecule has 1 N–H and O–H groups in total. The summed E-state index contributed by atoms with van der Waals surface area (Å²) in [6.45, 7) is 0. The summed E-state index contributed by atoms with van der Waals surface area (Å²) < 4.78 is 0.514. The fourth-order valence-electron chi connectivity index (χ4n) is 0.690. The van der Waals surface area contributed by atoms with Crippen molar-refractivity contribution in [1.82, 2.24) is 5.32 Å². The molecule has 0 amide bonds. The SMILES string of the molecule is N#CC(C#N)=C1C=[N+]([O-])C=CN1. The highest BCUT2D eigenvalue weighted by Gasteiger charge is 2.08. The summed E-state index contributed by atoms with van der Waals surface area (Å²) in [6, 6.07) is 3.33. The molecule has 0 saturated heterocycles. The Morgan fingerprint density at radius 1 is 1.50 bits per heavy atom. The third-order valence-electron chi connectivity index (χ3n) is 1.21. The molecule has 1 aliphatic heterocycles. The van der Waals surface area contributed by atoms with Crippen molar-refractivity contribution in [2.45, 2.75) is 0 Å². The van der Waals surface area contributed by atoms with Gasteiger partial charge >= 0.3 is 0 Å². The molecule has 1 rings (SSSR count). The molecule has 0 unspecified atom stereocenters. The number of allylic oxidation sites excluding steroid dienone is 2. The molecule has 12 heavy (non-hydrogen) atoms. The normalized spacial score (nSPS) is 13.8. The van der Waals surface area contributed by atoms with Gasteiger partial charge in [0.15, 0.2) is 11.8 Å². The number of nitrogens with zero attached hydrogens (tertiary/aromatic N) is 3. The van der Waals surface area contributed by atoms with E-state index in [-0.39, 0.29) is 11.3 Å². The van der Waals surface area contributed by atoms with Crippen LogP contribution in [0.25, 0.3) is 0 Å². The van der Waals surface area contributed by atoms with Gasteiger partial charge in [-0.3, -0.25) is 0 Å². The third kappa shape index (κ3) is 1.41. The van der Waals surface area contributed by atoms with Crippen LogP contribution in [0, 0.1) is 27.9 Å². The lowest BCUT2D eigenvalue weighted by molar-refractivity contribution is -0.374. The van der Waals surface area contributed by atoms with E-state index in [0.717, 1.165) is 6.21 Å². The van der Waals surface area contributed by atoms with E-state index in [0.29, 0.717) is 4.74 Å². The van der Waals surface area contributed by atoms with E-state index in [1.54, 1.807) is 12.1 Å². The van der Waals surface area contributed by atoms with Crippen LogP contribution in [0.3, 0.4) is 0 Å². The van der Waals surface area contributed by atoms with Crippen molar-refractivity contribution in [3.05, 3.63) is 28.9 Å². The molecule has 1 heterocycles. The molecule has 0 bridgehead atoms. The van der Waals surface area contributed by atoms with Crippen molar-refractivity contribution in [3.8, 4) is 12.1 Å². The Morgan fingerprint density at radius 2 is 2.17 bits per heavy atom. The van der Waals surface area contributed by atoms with Crippen LogP contribution in [0.4, 0.5) is 0 Å². The topological polar surface area (TPSA) is 85.7 Å². The largest absolute Gasteiger partial charge is 0.619 e. The number of hydroxylamine groups is 1. The monoisotopic (exact) mass is 160 g/mol. The highest BCUT2D eigenvalue weighted by molar-refractivity contribution is 5.79. The van der Waals surface area contributed by atoms with E-state index in [4.69, 9.17) is 10.5 Å². The minimum atomic E-state index is -0.111. The maximum Gasteiger partial charge on any atom is 0.206 e. The van der Waals surface area contributed by atoms with Crippen LogP contribution in [-0.4, -0.2) is 11.0 Å². The van der Waals surface area contributed by atoms with Gasteiger partial charge in [0.05, 0.1) is 6.20 Å². The van der Waals surface area contributed by atoms with E-state index in [2.05, 4.69) is 5.32 Å². The molecule has 0 aromatic carbocycles. The van der Waals surface area contributed by atoms with Crippen molar-refractivity contribution in [3.63, 3.8) is 0 Å². The summed E-state index contributed by atoms with van der Waals surface area (Å²) in [5.74, 6) is 0. The van der Waals surface area contributed by atoms with Crippen LogP contribution in [0.2, 0.25) is 0 Å². The van der Waals surface area contributed by atoms with Gasteiger partial charge in [0, 0.05) is 0 Å². The Hall–Kier alpha value is -2.27. The number of hydrogen-bond donors (Lipinski definition) is 1. The number of rotatable bonds is 0. The fourth-order valence-corrected chi connectivity index (χ4v) is 0.690. The number of nitriles is 2. The molecule has 0 spiro atoms. The molecule has 0 aliphatic carbocycles. The predicted molar refractivity (Wildman–Crippen MR) is 40.2 cm³/mol. The highest BCUT2D eigenvalue weighted by atomic mass is 16.5. The van der Waals surface area contributed by atoms with Crippen LogP contribution in [0.1, 0.15) is 0 Å². The number of nitrogens with one attached hydrogen (secondary N) is 1. The zero-order chi connectivity index (χ0) is 8.97. The first kappa shape index (κ1) is 7.83. The second-order valence-electron chi connectivity index (χ2n) is 1.96. The number of hydrogen-bond acceptors (Lipinski definition) is 4. The van der Waals surface area contributed by atoms with Crippen molar-refractivity contribution < 1.29 is 4.74 Å². The zero-order valence-corrected chi connectivity index (χ0v) is 5.98. The van der Waals surface area contributed by atoms with E-state index in [9.17, 15) is 5.21 Å². The van der Waals surface area contributed by atoms with Crippen molar-refractivity contribution >= 4 is 6.21 Å². The van der Waals surface area contributed by atoms with Gasteiger partial charge in [-0.05, 0) is 0 Å². The van der Waals surface area contributed by atoms with Crippen LogP contribution in [-0.2, 0) is 0 Å². The molecular weight excluding hydrogens is 156 g/mol. The molecule has 1 aliphatic rings. The van der Waals surface area contributed by atoms with Gasteiger partial charge in [-0.1, -0.05) is 0 Å². The van der Waals surface area contributed by atoms with Gasteiger partial charge in [-0.2, -0.15) is 15.3 Å². The summed E-state index contributed by atoms with van der Waals surface area (Å²) in [4.78, 5) is 0. The van der Waals surface area contributed by atoms with Crippen LogP contribution in [0.15, 0.2) is 23.7 Å². The second kappa shape index (κ2) is 3.22. The molecule has 0 fully saturated rings. The predicted octanol–water partition coefficient (Wildman–Crippen LogP) is -0.0568. The van der Waals surface area contributed by atoms with Gasteiger partial charge < -0.3 is 10.5 Å². The lowest BCUT2D eigenvalue weighted by atomic mass is 10.2. The Morgan fingerprint density at radius 3 is 2.67 bits per heavy atom. The molecule has 58 valence electrons. The average molecular weight is 160 g/mol. The van der Waals surface area contributed by atoms with E-state index >= 15 is 0 Å². The second-order valence-corrected chi connectivity index (χ2v) is 1.96. The highest BCUT2D eigenvalue weighted by Crippen LogP contribution is 1.99. The Kier molecular flexibility index (Phi) is 2.10. The summed E-state index contributed by atoms with van der Waals surface area (Å²) in [7, 11) is 0. The summed E-state index contributed by atoms with van der Waals surface area (Å²) >= 11 is 0. The van der Waals surface area contributed by atoms with E-state index in [1.165, 1.54) is 12.4 Å². The lowest BCUT2D eigenvalue weighted by Gasteiger charge is -2.05. The molecule has 5 nitrogen and oxygen atoms in total. The minimum absolute atomic E-state index is 0.111. The first-order valence-corrected chi connectivity index (χ1v) is 3.06.